The molecule has 19 heavy (non-hydrogen) atoms. The second-order valence-corrected chi connectivity index (χ2v) is 4.20. The molecule has 0 spiro atoms. The van der Waals surface area contributed by atoms with Gasteiger partial charge in [-0.25, -0.2) is 10.4 Å². The Labute approximate surface area is 112 Å². The Balaban J connectivity index is 2.41. The highest BCUT2D eigenvalue weighted by Gasteiger charge is 2.21. The highest BCUT2D eigenvalue weighted by Crippen LogP contribution is 2.27. The zero-order valence-electron chi connectivity index (χ0n) is 11.2. The van der Waals surface area contributed by atoms with E-state index < -0.39 is 0 Å². The Bertz CT molecular complexity index is 525. The quantitative estimate of drug-likeness (QED) is 0.604. The molecule has 3 N–H and O–H groups in total. The SMILES string of the molecule is CCCn1ccnc1C(NN)c1ccncc1OC. The van der Waals surface area contributed by atoms with Crippen LogP contribution in [0.15, 0.2) is 30.9 Å². The van der Waals surface area contributed by atoms with Crippen LogP contribution < -0.4 is 16.0 Å². The predicted octanol–water partition coefficient (Wildman–Crippen LogP) is 1.25. The molecule has 0 fully saturated rings. The van der Waals surface area contributed by atoms with E-state index in [4.69, 9.17) is 10.6 Å². The van der Waals surface area contributed by atoms with Gasteiger partial charge in [-0.1, -0.05) is 6.92 Å². The van der Waals surface area contributed by atoms with Gasteiger partial charge in [-0.05, 0) is 12.5 Å². The number of methoxy groups -OCH3 is 1. The van der Waals surface area contributed by atoms with E-state index in [1.807, 2.05) is 12.3 Å². The number of rotatable bonds is 6. The molecule has 2 rings (SSSR count). The fraction of sp³-hybridized carbons (Fsp3) is 0.385. The van der Waals surface area contributed by atoms with Crippen molar-refractivity contribution in [3.8, 4) is 5.75 Å². The normalized spacial score (nSPS) is 12.4. The number of hydrogen-bond acceptors (Lipinski definition) is 5. The van der Waals surface area contributed by atoms with E-state index in [0.29, 0.717) is 5.75 Å². The molecule has 0 saturated carbocycles. The summed E-state index contributed by atoms with van der Waals surface area (Å²) in [5.41, 5.74) is 3.72. The Morgan fingerprint density at radius 1 is 1.47 bits per heavy atom. The molecule has 0 aliphatic rings. The van der Waals surface area contributed by atoms with Crippen molar-refractivity contribution >= 4 is 0 Å². The summed E-state index contributed by atoms with van der Waals surface area (Å²) < 4.78 is 7.42. The van der Waals surface area contributed by atoms with E-state index in [9.17, 15) is 0 Å². The summed E-state index contributed by atoms with van der Waals surface area (Å²) in [7, 11) is 1.62. The van der Waals surface area contributed by atoms with Crippen molar-refractivity contribution in [2.45, 2.75) is 25.9 Å². The predicted molar refractivity (Wildman–Crippen MR) is 72.5 cm³/mol. The molecule has 0 amide bonds. The summed E-state index contributed by atoms with van der Waals surface area (Å²) >= 11 is 0. The molecule has 102 valence electrons. The van der Waals surface area contributed by atoms with Gasteiger partial charge in [0.15, 0.2) is 0 Å². The third kappa shape index (κ3) is 2.74. The smallest absolute Gasteiger partial charge is 0.142 e. The lowest BCUT2D eigenvalue weighted by atomic mass is 10.1. The number of hydrazine groups is 1. The summed E-state index contributed by atoms with van der Waals surface area (Å²) in [5.74, 6) is 7.27. The van der Waals surface area contributed by atoms with Crippen molar-refractivity contribution in [3.63, 3.8) is 0 Å². The van der Waals surface area contributed by atoms with Crippen LogP contribution in [0.25, 0.3) is 0 Å². The van der Waals surface area contributed by atoms with Gasteiger partial charge >= 0.3 is 0 Å². The first-order chi connectivity index (χ1) is 9.31. The molecule has 1 unspecified atom stereocenters. The first-order valence-corrected chi connectivity index (χ1v) is 6.26. The van der Waals surface area contributed by atoms with Crippen LogP contribution >= 0.6 is 0 Å². The van der Waals surface area contributed by atoms with Gasteiger partial charge < -0.3 is 9.30 Å². The highest BCUT2D eigenvalue weighted by molar-refractivity contribution is 5.36. The minimum Gasteiger partial charge on any atom is -0.495 e. The van der Waals surface area contributed by atoms with Crippen molar-refractivity contribution in [2.24, 2.45) is 5.84 Å². The Hall–Kier alpha value is -1.92. The van der Waals surface area contributed by atoms with Crippen LogP contribution in [0.2, 0.25) is 0 Å². The van der Waals surface area contributed by atoms with Crippen LogP contribution in [-0.4, -0.2) is 21.6 Å². The standard InChI is InChI=1S/C13H19N5O/c1-3-7-18-8-6-16-13(18)12(17-14)10-4-5-15-9-11(10)19-2/h4-6,8-9,12,17H,3,7,14H2,1-2H3. The number of nitrogens with two attached hydrogens (primary N) is 1. The first kappa shape index (κ1) is 13.5. The van der Waals surface area contributed by atoms with E-state index in [1.54, 1.807) is 25.7 Å². The third-order valence-electron chi connectivity index (χ3n) is 2.98. The molecule has 1 atom stereocenters. The lowest BCUT2D eigenvalue weighted by molar-refractivity contribution is 0.399. The number of aromatic nitrogens is 3. The number of nitrogens with one attached hydrogen (secondary N) is 1. The molecule has 2 heterocycles. The molecule has 2 aromatic rings. The summed E-state index contributed by atoms with van der Waals surface area (Å²) in [6.45, 7) is 3.03. The Kier molecular flexibility index (Phi) is 4.48. The topological polar surface area (TPSA) is 78.0 Å². The fourth-order valence-corrected chi connectivity index (χ4v) is 2.11. The van der Waals surface area contributed by atoms with E-state index in [0.717, 1.165) is 24.4 Å². The summed E-state index contributed by atoms with van der Waals surface area (Å²) in [6, 6.07) is 1.66. The maximum absolute atomic E-state index is 5.71. The molecule has 0 aromatic carbocycles. The van der Waals surface area contributed by atoms with Crippen molar-refractivity contribution < 1.29 is 4.74 Å². The Morgan fingerprint density at radius 3 is 3.00 bits per heavy atom. The molecular formula is C13H19N5O. The lowest BCUT2D eigenvalue weighted by Crippen LogP contribution is -2.31. The van der Waals surface area contributed by atoms with Crippen molar-refractivity contribution in [1.82, 2.24) is 20.0 Å². The van der Waals surface area contributed by atoms with E-state index in [1.165, 1.54) is 0 Å². The maximum atomic E-state index is 5.71. The van der Waals surface area contributed by atoms with Crippen molar-refractivity contribution in [2.75, 3.05) is 7.11 Å². The average molecular weight is 261 g/mol. The lowest BCUT2D eigenvalue weighted by Gasteiger charge is -2.19. The molecular weight excluding hydrogens is 242 g/mol. The van der Waals surface area contributed by atoms with Crippen LogP contribution in [-0.2, 0) is 6.54 Å². The number of imidazole rings is 1. The summed E-state index contributed by atoms with van der Waals surface area (Å²) in [6.07, 6.45) is 8.16. The first-order valence-electron chi connectivity index (χ1n) is 6.26. The third-order valence-corrected chi connectivity index (χ3v) is 2.98. The zero-order chi connectivity index (χ0) is 13.7. The number of hydrogen-bond donors (Lipinski definition) is 2. The van der Waals surface area contributed by atoms with Gasteiger partial charge in [0.2, 0.25) is 0 Å². The number of pyridine rings is 1. The van der Waals surface area contributed by atoms with Gasteiger partial charge in [-0.3, -0.25) is 10.8 Å². The van der Waals surface area contributed by atoms with Crippen molar-refractivity contribution in [1.29, 1.82) is 0 Å². The van der Waals surface area contributed by atoms with Crippen LogP contribution in [0.1, 0.15) is 30.8 Å². The summed E-state index contributed by atoms with van der Waals surface area (Å²) in [5, 5.41) is 0. The van der Waals surface area contributed by atoms with E-state index in [-0.39, 0.29) is 6.04 Å². The number of ether oxygens (including phenoxy) is 1. The van der Waals surface area contributed by atoms with Gasteiger partial charge in [0, 0.05) is 30.7 Å². The monoisotopic (exact) mass is 261 g/mol. The molecule has 6 heteroatoms. The van der Waals surface area contributed by atoms with Gasteiger partial charge in [0.25, 0.3) is 0 Å². The maximum Gasteiger partial charge on any atom is 0.142 e. The average Bonchev–Trinajstić information content (AvgIpc) is 2.89. The largest absolute Gasteiger partial charge is 0.495 e. The van der Waals surface area contributed by atoms with Gasteiger partial charge in [-0.15, -0.1) is 0 Å². The zero-order valence-corrected chi connectivity index (χ0v) is 11.2. The molecule has 0 bridgehead atoms. The highest BCUT2D eigenvalue weighted by atomic mass is 16.5. The number of nitrogens with zero attached hydrogens (tertiary/aromatic N) is 3. The molecule has 0 aliphatic heterocycles. The van der Waals surface area contributed by atoms with Crippen LogP contribution in [0.5, 0.6) is 5.75 Å². The van der Waals surface area contributed by atoms with Gasteiger partial charge in [0.1, 0.15) is 17.6 Å². The molecule has 0 radical (unpaired) electrons. The minimum atomic E-state index is -0.223. The molecule has 0 aliphatic carbocycles. The molecule has 0 saturated heterocycles. The van der Waals surface area contributed by atoms with E-state index >= 15 is 0 Å². The van der Waals surface area contributed by atoms with Crippen molar-refractivity contribution in [3.05, 3.63) is 42.2 Å². The molecule has 6 nitrogen and oxygen atoms in total. The fourth-order valence-electron chi connectivity index (χ4n) is 2.11. The van der Waals surface area contributed by atoms with Gasteiger partial charge in [-0.2, -0.15) is 0 Å². The summed E-state index contributed by atoms with van der Waals surface area (Å²) in [4.78, 5) is 8.45. The second kappa shape index (κ2) is 6.31. The van der Waals surface area contributed by atoms with Crippen LogP contribution in [0.3, 0.4) is 0 Å². The number of aryl methyl sites for hydroxylation is 1. The van der Waals surface area contributed by atoms with E-state index in [2.05, 4.69) is 26.9 Å². The van der Waals surface area contributed by atoms with Crippen LogP contribution in [0, 0.1) is 0 Å². The second-order valence-electron chi connectivity index (χ2n) is 4.20. The minimum absolute atomic E-state index is 0.223. The van der Waals surface area contributed by atoms with Gasteiger partial charge in [0.05, 0.1) is 13.3 Å². The molecule has 2 aromatic heterocycles. The Morgan fingerprint density at radius 2 is 2.32 bits per heavy atom. The van der Waals surface area contributed by atoms with Crippen LogP contribution in [0.4, 0.5) is 0 Å².